The van der Waals surface area contributed by atoms with Crippen molar-refractivity contribution in [3.8, 4) is 0 Å². The van der Waals surface area contributed by atoms with E-state index in [4.69, 9.17) is 0 Å². The molecular formula is C12H17NO2. The van der Waals surface area contributed by atoms with Crippen molar-refractivity contribution in [1.29, 1.82) is 0 Å². The van der Waals surface area contributed by atoms with Gasteiger partial charge < -0.3 is 10.0 Å². The number of aliphatic hydroxyl groups excluding tert-OH is 1. The highest BCUT2D eigenvalue weighted by molar-refractivity contribution is 5.98. The normalized spacial score (nSPS) is 41.6. The molecule has 0 unspecified atom stereocenters. The van der Waals surface area contributed by atoms with Crippen LogP contribution in [0.25, 0.3) is 0 Å². The van der Waals surface area contributed by atoms with E-state index < -0.39 is 0 Å². The molecule has 2 aliphatic heterocycles. The second-order valence-electron chi connectivity index (χ2n) is 5.06. The van der Waals surface area contributed by atoms with E-state index in [-0.39, 0.29) is 24.1 Å². The van der Waals surface area contributed by atoms with Crippen molar-refractivity contribution in [2.45, 2.75) is 44.2 Å². The van der Waals surface area contributed by atoms with Crippen molar-refractivity contribution >= 4 is 5.91 Å². The molecule has 82 valence electrons. The smallest absolute Gasteiger partial charge is 0.250 e. The van der Waals surface area contributed by atoms with E-state index in [0.717, 1.165) is 31.3 Å². The standard InChI is InChI=1S/C12H17NO2/c1-2-3-8-5-12-6-9(12)4-10(7-14)13(12)11(8)15/h5,9-10,14H,2-4,6-7H2,1H3/t9-,10-,12+/m1/s1. The molecule has 1 aliphatic carbocycles. The Kier molecular flexibility index (Phi) is 1.78. The monoisotopic (exact) mass is 207 g/mol. The Balaban J connectivity index is 1.90. The first-order chi connectivity index (χ1) is 7.23. The lowest BCUT2D eigenvalue weighted by molar-refractivity contribution is -0.129. The molecule has 1 N–H and O–H groups in total. The van der Waals surface area contributed by atoms with Crippen LogP contribution in [0, 0.1) is 5.92 Å². The zero-order valence-electron chi connectivity index (χ0n) is 9.07. The predicted octanol–water partition coefficient (Wildman–Crippen LogP) is 1.08. The van der Waals surface area contributed by atoms with E-state index in [1.807, 2.05) is 4.90 Å². The van der Waals surface area contributed by atoms with Crippen molar-refractivity contribution in [3.63, 3.8) is 0 Å². The van der Waals surface area contributed by atoms with E-state index in [1.54, 1.807) is 0 Å². The molecule has 0 aromatic rings. The Bertz CT molecular complexity index is 350. The molecule has 2 fully saturated rings. The average Bonchev–Trinajstić information content (AvgIpc) is 2.70. The maximum atomic E-state index is 12.1. The van der Waals surface area contributed by atoms with E-state index in [2.05, 4.69) is 13.0 Å². The fourth-order valence-electron chi connectivity index (χ4n) is 3.42. The first kappa shape index (κ1) is 9.40. The lowest BCUT2D eigenvalue weighted by atomic mass is 10.1. The van der Waals surface area contributed by atoms with Crippen LogP contribution in [-0.2, 0) is 4.79 Å². The van der Waals surface area contributed by atoms with Gasteiger partial charge in [0, 0.05) is 5.57 Å². The van der Waals surface area contributed by atoms with Crippen molar-refractivity contribution in [3.05, 3.63) is 11.6 Å². The lowest BCUT2D eigenvalue weighted by Gasteiger charge is -2.27. The lowest BCUT2D eigenvalue weighted by Crippen LogP contribution is -2.42. The van der Waals surface area contributed by atoms with Gasteiger partial charge in [-0.25, -0.2) is 0 Å². The molecule has 1 saturated heterocycles. The summed E-state index contributed by atoms with van der Waals surface area (Å²) in [5.41, 5.74) is 1.03. The van der Waals surface area contributed by atoms with Gasteiger partial charge in [0.15, 0.2) is 0 Å². The number of amides is 1. The van der Waals surface area contributed by atoms with Crippen molar-refractivity contribution in [1.82, 2.24) is 4.90 Å². The van der Waals surface area contributed by atoms with Crippen LogP contribution < -0.4 is 0 Å². The highest BCUT2D eigenvalue weighted by Crippen LogP contribution is 2.62. The molecule has 3 rings (SSSR count). The summed E-state index contributed by atoms with van der Waals surface area (Å²) in [6.07, 6.45) is 6.23. The average molecular weight is 207 g/mol. The van der Waals surface area contributed by atoms with Crippen LogP contribution in [0.1, 0.15) is 32.6 Å². The molecule has 15 heavy (non-hydrogen) atoms. The molecule has 3 atom stereocenters. The molecule has 3 aliphatic rings. The molecule has 2 heterocycles. The minimum Gasteiger partial charge on any atom is -0.394 e. The Morgan fingerprint density at radius 3 is 3.13 bits per heavy atom. The zero-order valence-corrected chi connectivity index (χ0v) is 9.07. The van der Waals surface area contributed by atoms with Gasteiger partial charge in [-0.2, -0.15) is 0 Å². The topological polar surface area (TPSA) is 40.5 Å². The third-order valence-electron chi connectivity index (χ3n) is 4.14. The Hall–Kier alpha value is -0.830. The molecule has 0 aromatic heterocycles. The summed E-state index contributed by atoms with van der Waals surface area (Å²) in [4.78, 5) is 14.1. The second-order valence-corrected chi connectivity index (χ2v) is 5.06. The van der Waals surface area contributed by atoms with Crippen molar-refractivity contribution in [2.75, 3.05) is 6.61 Å². The van der Waals surface area contributed by atoms with E-state index in [1.165, 1.54) is 0 Å². The van der Waals surface area contributed by atoms with Crippen LogP contribution >= 0.6 is 0 Å². The largest absolute Gasteiger partial charge is 0.394 e. The number of aliphatic hydroxyl groups is 1. The fourth-order valence-corrected chi connectivity index (χ4v) is 3.42. The van der Waals surface area contributed by atoms with Gasteiger partial charge in [0.25, 0.3) is 5.91 Å². The number of carbonyl (C=O) groups excluding carboxylic acids is 1. The quantitative estimate of drug-likeness (QED) is 0.752. The van der Waals surface area contributed by atoms with Gasteiger partial charge >= 0.3 is 0 Å². The predicted molar refractivity (Wildman–Crippen MR) is 56.2 cm³/mol. The Labute approximate surface area is 89.8 Å². The third kappa shape index (κ3) is 1.02. The van der Waals surface area contributed by atoms with Crippen LogP contribution in [0.3, 0.4) is 0 Å². The summed E-state index contributed by atoms with van der Waals surface area (Å²) < 4.78 is 0. The van der Waals surface area contributed by atoms with Crippen molar-refractivity contribution < 1.29 is 9.90 Å². The molecule has 3 heteroatoms. The van der Waals surface area contributed by atoms with Crippen LogP contribution in [0.2, 0.25) is 0 Å². The Morgan fingerprint density at radius 1 is 1.67 bits per heavy atom. The SMILES string of the molecule is CCCC1=C[C@]23C[C@H]2C[C@H](CO)N3C1=O. The molecule has 0 aromatic carbocycles. The Morgan fingerprint density at radius 2 is 2.47 bits per heavy atom. The van der Waals surface area contributed by atoms with Gasteiger partial charge in [0.05, 0.1) is 18.2 Å². The van der Waals surface area contributed by atoms with Gasteiger partial charge in [0.1, 0.15) is 0 Å². The summed E-state index contributed by atoms with van der Waals surface area (Å²) >= 11 is 0. The first-order valence-corrected chi connectivity index (χ1v) is 5.89. The van der Waals surface area contributed by atoms with Crippen LogP contribution in [0.15, 0.2) is 11.6 Å². The summed E-state index contributed by atoms with van der Waals surface area (Å²) in [6.45, 7) is 2.22. The molecule has 0 radical (unpaired) electrons. The summed E-state index contributed by atoms with van der Waals surface area (Å²) in [6, 6.07) is 0.0851. The van der Waals surface area contributed by atoms with Gasteiger partial charge in [-0.05, 0) is 31.3 Å². The minimum absolute atomic E-state index is 0.0506. The number of nitrogens with zero attached hydrogens (tertiary/aromatic N) is 1. The maximum Gasteiger partial charge on any atom is 0.250 e. The summed E-state index contributed by atoms with van der Waals surface area (Å²) in [5, 5.41) is 9.27. The minimum atomic E-state index is 0.0506. The van der Waals surface area contributed by atoms with Crippen LogP contribution in [0.4, 0.5) is 0 Å². The number of carbonyl (C=O) groups is 1. The van der Waals surface area contributed by atoms with Gasteiger partial charge in [-0.15, -0.1) is 0 Å². The number of piperidine rings is 1. The van der Waals surface area contributed by atoms with Gasteiger partial charge in [-0.3, -0.25) is 4.79 Å². The fraction of sp³-hybridized carbons (Fsp3) is 0.750. The molecule has 1 amide bonds. The maximum absolute atomic E-state index is 12.1. The van der Waals surface area contributed by atoms with Crippen LogP contribution in [-0.4, -0.2) is 34.1 Å². The zero-order chi connectivity index (χ0) is 10.6. The molecule has 1 saturated carbocycles. The van der Waals surface area contributed by atoms with Gasteiger partial charge in [-0.1, -0.05) is 13.3 Å². The van der Waals surface area contributed by atoms with Crippen LogP contribution in [0.5, 0.6) is 0 Å². The molecule has 1 spiro atoms. The molecule has 0 bridgehead atoms. The number of rotatable bonds is 3. The highest BCUT2D eigenvalue weighted by atomic mass is 16.3. The molecule has 3 nitrogen and oxygen atoms in total. The number of hydrogen-bond acceptors (Lipinski definition) is 2. The third-order valence-corrected chi connectivity index (χ3v) is 4.14. The second kappa shape index (κ2) is 2.85. The number of hydrogen-bond donors (Lipinski definition) is 1. The summed E-state index contributed by atoms with van der Waals surface area (Å²) in [5.74, 6) is 0.823. The van der Waals surface area contributed by atoms with Crippen molar-refractivity contribution in [2.24, 2.45) is 5.92 Å². The van der Waals surface area contributed by atoms with E-state index in [9.17, 15) is 9.90 Å². The van der Waals surface area contributed by atoms with E-state index >= 15 is 0 Å². The van der Waals surface area contributed by atoms with E-state index in [0.29, 0.717) is 5.92 Å². The summed E-state index contributed by atoms with van der Waals surface area (Å²) in [7, 11) is 0. The highest BCUT2D eigenvalue weighted by Gasteiger charge is 2.68. The molecular weight excluding hydrogens is 190 g/mol. The first-order valence-electron chi connectivity index (χ1n) is 5.89. The van der Waals surface area contributed by atoms with Gasteiger partial charge in [0.2, 0.25) is 0 Å².